The number of hydrogen-bond acceptors (Lipinski definition) is 3. The standard InChI is InChI=1S/C18H16Cl2N2O/c19-15-5-1-3-7-17(15)21-11-13-9-10-14(23-13)12-22-18-8-4-2-6-16(18)20/h1-10,21-22H,11-12H2. The number of halogens is 2. The Labute approximate surface area is 145 Å². The summed E-state index contributed by atoms with van der Waals surface area (Å²) in [6.07, 6.45) is 0. The molecule has 0 amide bonds. The molecule has 1 aromatic heterocycles. The van der Waals surface area contributed by atoms with Gasteiger partial charge in [-0.1, -0.05) is 47.5 Å². The molecular formula is C18H16Cl2N2O. The summed E-state index contributed by atoms with van der Waals surface area (Å²) in [4.78, 5) is 0. The molecule has 0 aliphatic carbocycles. The van der Waals surface area contributed by atoms with Crippen molar-refractivity contribution in [2.24, 2.45) is 0 Å². The van der Waals surface area contributed by atoms with Crippen molar-refractivity contribution in [3.05, 3.63) is 82.2 Å². The average molecular weight is 347 g/mol. The Morgan fingerprint density at radius 2 is 1.09 bits per heavy atom. The molecule has 0 fully saturated rings. The van der Waals surface area contributed by atoms with E-state index in [1.54, 1.807) is 0 Å². The quantitative estimate of drug-likeness (QED) is 0.591. The fraction of sp³-hybridized carbons (Fsp3) is 0.111. The van der Waals surface area contributed by atoms with E-state index >= 15 is 0 Å². The van der Waals surface area contributed by atoms with Crippen LogP contribution in [0.4, 0.5) is 11.4 Å². The summed E-state index contributed by atoms with van der Waals surface area (Å²) in [5, 5.41) is 7.90. The molecule has 3 aromatic rings. The van der Waals surface area contributed by atoms with E-state index in [1.807, 2.05) is 60.7 Å². The van der Waals surface area contributed by atoms with Crippen molar-refractivity contribution in [3.63, 3.8) is 0 Å². The summed E-state index contributed by atoms with van der Waals surface area (Å²) in [6.45, 7) is 1.16. The SMILES string of the molecule is Clc1ccccc1NCc1ccc(CNc2ccccc2Cl)o1. The second-order valence-electron chi connectivity index (χ2n) is 5.03. The van der Waals surface area contributed by atoms with Gasteiger partial charge in [0.15, 0.2) is 0 Å². The van der Waals surface area contributed by atoms with Gasteiger partial charge in [0.1, 0.15) is 11.5 Å². The molecule has 0 aliphatic heterocycles. The third-order valence-corrected chi connectivity index (χ3v) is 4.03. The summed E-state index contributed by atoms with van der Waals surface area (Å²) in [7, 11) is 0. The Kier molecular flexibility index (Phi) is 5.11. The first-order valence-corrected chi connectivity index (χ1v) is 8.02. The highest BCUT2D eigenvalue weighted by molar-refractivity contribution is 6.33. The summed E-state index contributed by atoms with van der Waals surface area (Å²) in [5.74, 6) is 1.70. The predicted octanol–water partition coefficient (Wildman–Crippen LogP) is 5.81. The Morgan fingerprint density at radius 1 is 0.652 bits per heavy atom. The molecule has 0 bridgehead atoms. The van der Waals surface area contributed by atoms with Crippen molar-refractivity contribution < 1.29 is 4.42 Å². The van der Waals surface area contributed by atoms with Crippen LogP contribution in [0, 0.1) is 0 Å². The normalized spacial score (nSPS) is 10.5. The van der Waals surface area contributed by atoms with Crippen molar-refractivity contribution >= 4 is 34.6 Å². The average Bonchev–Trinajstić information content (AvgIpc) is 3.01. The largest absolute Gasteiger partial charge is 0.462 e. The first-order valence-electron chi connectivity index (χ1n) is 7.27. The zero-order valence-corrected chi connectivity index (χ0v) is 13.9. The van der Waals surface area contributed by atoms with Crippen LogP contribution in [0.2, 0.25) is 10.0 Å². The van der Waals surface area contributed by atoms with Crippen LogP contribution < -0.4 is 10.6 Å². The number of rotatable bonds is 6. The predicted molar refractivity (Wildman–Crippen MR) is 96.3 cm³/mol. The van der Waals surface area contributed by atoms with Gasteiger partial charge in [-0.2, -0.15) is 0 Å². The Morgan fingerprint density at radius 3 is 1.52 bits per heavy atom. The Hall–Kier alpha value is -2.10. The van der Waals surface area contributed by atoms with Gasteiger partial charge >= 0.3 is 0 Å². The van der Waals surface area contributed by atoms with Gasteiger partial charge < -0.3 is 15.1 Å². The maximum atomic E-state index is 6.11. The summed E-state index contributed by atoms with van der Waals surface area (Å²) < 4.78 is 5.80. The lowest BCUT2D eigenvalue weighted by Gasteiger charge is -2.07. The van der Waals surface area contributed by atoms with Crippen molar-refractivity contribution in [2.45, 2.75) is 13.1 Å². The molecule has 23 heavy (non-hydrogen) atoms. The lowest BCUT2D eigenvalue weighted by molar-refractivity contribution is 0.477. The van der Waals surface area contributed by atoms with Crippen molar-refractivity contribution in [2.75, 3.05) is 10.6 Å². The van der Waals surface area contributed by atoms with Crippen LogP contribution in [0.1, 0.15) is 11.5 Å². The number of furan rings is 1. The molecule has 1 heterocycles. The molecule has 0 unspecified atom stereocenters. The highest BCUT2D eigenvalue weighted by Gasteiger charge is 2.05. The van der Waals surface area contributed by atoms with Crippen LogP contribution in [-0.4, -0.2) is 0 Å². The zero-order valence-electron chi connectivity index (χ0n) is 12.4. The van der Waals surface area contributed by atoms with Crippen molar-refractivity contribution in [3.8, 4) is 0 Å². The molecule has 3 rings (SSSR count). The molecule has 0 aliphatic rings. The summed E-state index contributed by atoms with van der Waals surface area (Å²) in [5.41, 5.74) is 1.78. The van der Waals surface area contributed by atoms with E-state index in [9.17, 15) is 0 Å². The fourth-order valence-corrected chi connectivity index (χ4v) is 2.59. The summed E-state index contributed by atoms with van der Waals surface area (Å²) >= 11 is 12.2. The van der Waals surface area contributed by atoms with Crippen LogP contribution in [0.25, 0.3) is 0 Å². The van der Waals surface area contributed by atoms with Crippen molar-refractivity contribution in [1.82, 2.24) is 0 Å². The molecule has 3 nitrogen and oxygen atoms in total. The van der Waals surface area contributed by atoms with E-state index in [0.717, 1.165) is 22.9 Å². The molecule has 118 valence electrons. The lowest BCUT2D eigenvalue weighted by atomic mass is 10.3. The fourth-order valence-electron chi connectivity index (χ4n) is 2.19. The van der Waals surface area contributed by atoms with Gasteiger partial charge in [0.25, 0.3) is 0 Å². The third kappa shape index (κ3) is 4.21. The van der Waals surface area contributed by atoms with E-state index < -0.39 is 0 Å². The molecule has 0 saturated carbocycles. The zero-order chi connectivity index (χ0) is 16.1. The highest BCUT2D eigenvalue weighted by atomic mass is 35.5. The minimum atomic E-state index is 0.579. The molecule has 0 atom stereocenters. The summed E-state index contributed by atoms with van der Waals surface area (Å²) in [6, 6.07) is 19.2. The molecule has 2 aromatic carbocycles. The number of benzene rings is 2. The van der Waals surface area contributed by atoms with Gasteiger partial charge in [-0.25, -0.2) is 0 Å². The van der Waals surface area contributed by atoms with Gasteiger partial charge in [-0.05, 0) is 36.4 Å². The van der Waals surface area contributed by atoms with E-state index in [0.29, 0.717) is 23.1 Å². The van der Waals surface area contributed by atoms with E-state index in [-0.39, 0.29) is 0 Å². The topological polar surface area (TPSA) is 37.2 Å². The van der Waals surface area contributed by atoms with E-state index in [1.165, 1.54) is 0 Å². The van der Waals surface area contributed by atoms with Gasteiger partial charge in [0, 0.05) is 0 Å². The molecule has 0 radical (unpaired) electrons. The second-order valence-corrected chi connectivity index (χ2v) is 5.85. The smallest absolute Gasteiger partial charge is 0.123 e. The molecule has 0 spiro atoms. The van der Waals surface area contributed by atoms with Gasteiger partial charge in [0.05, 0.1) is 34.5 Å². The number of hydrogen-bond donors (Lipinski definition) is 2. The highest BCUT2D eigenvalue weighted by Crippen LogP contribution is 2.23. The monoisotopic (exact) mass is 346 g/mol. The van der Waals surface area contributed by atoms with Crippen LogP contribution in [0.3, 0.4) is 0 Å². The first kappa shape index (κ1) is 15.8. The van der Waals surface area contributed by atoms with Crippen molar-refractivity contribution in [1.29, 1.82) is 0 Å². The van der Waals surface area contributed by atoms with E-state index in [4.69, 9.17) is 27.6 Å². The number of para-hydroxylation sites is 2. The minimum absolute atomic E-state index is 0.579. The van der Waals surface area contributed by atoms with E-state index in [2.05, 4.69) is 10.6 Å². The third-order valence-electron chi connectivity index (χ3n) is 3.37. The van der Waals surface area contributed by atoms with Gasteiger partial charge in [0.2, 0.25) is 0 Å². The Bertz CT molecular complexity index is 722. The molecule has 0 saturated heterocycles. The van der Waals surface area contributed by atoms with Gasteiger partial charge in [-0.3, -0.25) is 0 Å². The first-order chi connectivity index (χ1) is 11.2. The second kappa shape index (κ2) is 7.44. The molecule has 2 N–H and O–H groups in total. The maximum absolute atomic E-state index is 6.11. The Balaban J connectivity index is 1.56. The molecule has 5 heteroatoms. The minimum Gasteiger partial charge on any atom is -0.462 e. The lowest BCUT2D eigenvalue weighted by Crippen LogP contribution is -2.00. The van der Waals surface area contributed by atoms with Crippen LogP contribution in [0.5, 0.6) is 0 Å². The maximum Gasteiger partial charge on any atom is 0.123 e. The van der Waals surface area contributed by atoms with Crippen LogP contribution in [-0.2, 0) is 13.1 Å². The van der Waals surface area contributed by atoms with Crippen LogP contribution in [0.15, 0.2) is 65.1 Å². The number of anilines is 2. The van der Waals surface area contributed by atoms with Gasteiger partial charge in [-0.15, -0.1) is 0 Å². The van der Waals surface area contributed by atoms with Crippen LogP contribution >= 0.6 is 23.2 Å². The number of nitrogens with one attached hydrogen (secondary N) is 2. The molecular weight excluding hydrogens is 331 g/mol.